The minimum Gasteiger partial charge on any atom is -0.449 e. The van der Waals surface area contributed by atoms with E-state index in [9.17, 15) is 0 Å². The number of thiazole rings is 1. The van der Waals surface area contributed by atoms with Crippen molar-refractivity contribution < 1.29 is 9.47 Å². The Morgan fingerprint density at radius 3 is 2.89 bits per heavy atom. The molecule has 0 saturated carbocycles. The molecule has 0 aliphatic carbocycles. The first-order chi connectivity index (χ1) is 9.18. The van der Waals surface area contributed by atoms with Crippen LogP contribution >= 0.6 is 11.3 Å². The van der Waals surface area contributed by atoms with Crippen molar-refractivity contribution in [2.75, 3.05) is 5.32 Å². The second-order valence-electron chi connectivity index (χ2n) is 4.67. The maximum atomic E-state index is 5.85. The van der Waals surface area contributed by atoms with Crippen molar-refractivity contribution >= 4 is 17.0 Å². The maximum Gasteiger partial charge on any atom is 0.248 e. The minimum absolute atomic E-state index is 0.529. The molecule has 0 amide bonds. The predicted molar refractivity (Wildman–Crippen MR) is 75.8 cm³/mol. The standard InChI is InChI=1S/C14H16N2O2S/c1-3-14(2)17-12-5-4-10(6-13(12)18-14)16-8-11-7-15-9-19-11/h4-7,9,16H,3,8H2,1-2H3/t14-/m0/s1. The zero-order chi connectivity index (χ0) is 13.3. The number of hydrogen-bond donors (Lipinski definition) is 1. The number of rotatable bonds is 4. The van der Waals surface area contributed by atoms with Crippen LogP contribution < -0.4 is 14.8 Å². The van der Waals surface area contributed by atoms with Gasteiger partial charge in [0.15, 0.2) is 11.5 Å². The van der Waals surface area contributed by atoms with Crippen LogP contribution in [0.5, 0.6) is 11.5 Å². The van der Waals surface area contributed by atoms with Crippen molar-refractivity contribution in [2.45, 2.75) is 32.6 Å². The molecule has 3 rings (SSSR count). The van der Waals surface area contributed by atoms with Gasteiger partial charge in [-0.15, -0.1) is 11.3 Å². The van der Waals surface area contributed by atoms with E-state index in [1.807, 2.05) is 36.8 Å². The molecule has 0 unspecified atom stereocenters. The van der Waals surface area contributed by atoms with Crippen LogP contribution in [0.1, 0.15) is 25.1 Å². The molecule has 0 saturated heterocycles. The molecule has 1 N–H and O–H groups in total. The second kappa shape index (κ2) is 4.74. The number of nitrogens with one attached hydrogen (secondary N) is 1. The van der Waals surface area contributed by atoms with Crippen molar-refractivity contribution in [3.05, 3.63) is 34.8 Å². The number of nitrogens with zero attached hydrogens (tertiary/aromatic N) is 1. The molecule has 0 fully saturated rings. The Morgan fingerprint density at radius 1 is 1.32 bits per heavy atom. The molecule has 1 aliphatic rings. The zero-order valence-electron chi connectivity index (χ0n) is 11.0. The third kappa shape index (κ3) is 2.51. The van der Waals surface area contributed by atoms with Crippen LogP contribution in [0, 0.1) is 0 Å². The predicted octanol–water partition coefficient (Wildman–Crippen LogP) is 3.65. The summed E-state index contributed by atoms with van der Waals surface area (Å²) in [6.45, 7) is 4.78. The molecule has 1 aromatic carbocycles. The smallest absolute Gasteiger partial charge is 0.248 e. The summed E-state index contributed by atoms with van der Waals surface area (Å²) < 4.78 is 11.6. The summed E-state index contributed by atoms with van der Waals surface area (Å²) in [6, 6.07) is 5.94. The van der Waals surface area contributed by atoms with Gasteiger partial charge < -0.3 is 14.8 Å². The monoisotopic (exact) mass is 276 g/mol. The molecule has 0 spiro atoms. The number of benzene rings is 1. The summed E-state index contributed by atoms with van der Waals surface area (Å²) >= 11 is 1.64. The molecule has 4 nitrogen and oxygen atoms in total. The van der Waals surface area contributed by atoms with Gasteiger partial charge in [-0.2, -0.15) is 0 Å². The Morgan fingerprint density at radius 2 is 2.16 bits per heavy atom. The van der Waals surface area contributed by atoms with Crippen LogP contribution in [0.2, 0.25) is 0 Å². The lowest BCUT2D eigenvalue weighted by Gasteiger charge is -2.20. The first-order valence-corrected chi connectivity index (χ1v) is 7.20. The Bertz CT molecular complexity index is 571. The average Bonchev–Trinajstić information content (AvgIpc) is 3.02. The van der Waals surface area contributed by atoms with E-state index in [-0.39, 0.29) is 0 Å². The molecule has 0 bridgehead atoms. The highest BCUT2D eigenvalue weighted by molar-refractivity contribution is 7.09. The summed E-state index contributed by atoms with van der Waals surface area (Å²) in [5.41, 5.74) is 2.86. The van der Waals surface area contributed by atoms with Gasteiger partial charge in [0.05, 0.1) is 12.1 Å². The Balaban J connectivity index is 1.71. The van der Waals surface area contributed by atoms with Gasteiger partial charge in [-0.05, 0) is 12.1 Å². The van der Waals surface area contributed by atoms with E-state index in [1.165, 1.54) is 4.88 Å². The largest absolute Gasteiger partial charge is 0.449 e. The first-order valence-electron chi connectivity index (χ1n) is 6.32. The summed E-state index contributed by atoms with van der Waals surface area (Å²) in [6.07, 6.45) is 2.68. The molecule has 19 heavy (non-hydrogen) atoms. The van der Waals surface area contributed by atoms with Crippen molar-refractivity contribution in [1.29, 1.82) is 0 Å². The van der Waals surface area contributed by atoms with Crippen LogP contribution in [-0.4, -0.2) is 10.8 Å². The van der Waals surface area contributed by atoms with E-state index in [0.717, 1.165) is 30.2 Å². The highest BCUT2D eigenvalue weighted by Crippen LogP contribution is 2.42. The fraction of sp³-hybridized carbons (Fsp3) is 0.357. The maximum absolute atomic E-state index is 5.85. The number of hydrogen-bond acceptors (Lipinski definition) is 5. The molecule has 1 aliphatic heterocycles. The molecular formula is C14H16N2O2S. The van der Waals surface area contributed by atoms with Gasteiger partial charge in [0, 0.05) is 36.2 Å². The van der Waals surface area contributed by atoms with E-state index in [4.69, 9.17) is 9.47 Å². The van der Waals surface area contributed by atoms with Crippen molar-refractivity contribution in [2.24, 2.45) is 0 Å². The quantitative estimate of drug-likeness (QED) is 0.925. The summed E-state index contributed by atoms with van der Waals surface area (Å²) in [5.74, 6) is 1.09. The Hall–Kier alpha value is -1.75. The molecule has 100 valence electrons. The van der Waals surface area contributed by atoms with Crippen molar-refractivity contribution in [3.8, 4) is 11.5 Å². The number of anilines is 1. The van der Waals surface area contributed by atoms with E-state index in [1.54, 1.807) is 11.3 Å². The van der Waals surface area contributed by atoms with Gasteiger partial charge in [0.25, 0.3) is 0 Å². The Labute approximate surface area is 116 Å². The van der Waals surface area contributed by atoms with E-state index in [2.05, 4.69) is 17.2 Å². The lowest BCUT2D eigenvalue weighted by atomic mass is 10.2. The fourth-order valence-electron chi connectivity index (χ4n) is 1.93. The van der Waals surface area contributed by atoms with Crippen molar-refractivity contribution in [1.82, 2.24) is 4.98 Å². The summed E-state index contributed by atoms with van der Waals surface area (Å²) in [4.78, 5) is 5.26. The molecule has 2 aromatic rings. The molecule has 5 heteroatoms. The minimum atomic E-state index is -0.529. The molecular weight excluding hydrogens is 260 g/mol. The zero-order valence-corrected chi connectivity index (χ0v) is 11.8. The summed E-state index contributed by atoms with van der Waals surface area (Å²) in [5, 5.41) is 3.36. The lowest BCUT2D eigenvalue weighted by Crippen LogP contribution is -2.33. The summed E-state index contributed by atoms with van der Waals surface area (Å²) in [7, 11) is 0. The van der Waals surface area contributed by atoms with E-state index < -0.39 is 5.79 Å². The molecule has 1 aromatic heterocycles. The molecule has 0 radical (unpaired) electrons. The first kappa shape index (κ1) is 12.3. The van der Waals surface area contributed by atoms with Gasteiger partial charge in [-0.3, -0.25) is 4.98 Å². The van der Waals surface area contributed by atoms with Crippen molar-refractivity contribution in [3.63, 3.8) is 0 Å². The van der Waals surface area contributed by atoms with Gasteiger partial charge in [-0.1, -0.05) is 6.92 Å². The normalized spacial score (nSPS) is 20.5. The fourth-order valence-corrected chi connectivity index (χ4v) is 2.47. The molecule has 2 heterocycles. The van der Waals surface area contributed by atoms with Crippen LogP contribution in [0.15, 0.2) is 29.9 Å². The van der Waals surface area contributed by atoms with Gasteiger partial charge in [0.1, 0.15) is 0 Å². The van der Waals surface area contributed by atoms with Crippen LogP contribution in [0.4, 0.5) is 5.69 Å². The number of aromatic nitrogens is 1. The van der Waals surface area contributed by atoms with E-state index in [0.29, 0.717) is 0 Å². The van der Waals surface area contributed by atoms with Gasteiger partial charge in [-0.25, -0.2) is 0 Å². The molecule has 1 atom stereocenters. The average molecular weight is 276 g/mol. The van der Waals surface area contributed by atoms with Crippen LogP contribution in [-0.2, 0) is 6.54 Å². The number of ether oxygens (including phenoxy) is 2. The third-order valence-electron chi connectivity index (χ3n) is 3.19. The second-order valence-corrected chi connectivity index (χ2v) is 5.65. The van der Waals surface area contributed by atoms with Gasteiger partial charge >= 0.3 is 0 Å². The van der Waals surface area contributed by atoms with E-state index >= 15 is 0 Å². The van der Waals surface area contributed by atoms with Crippen LogP contribution in [0.3, 0.4) is 0 Å². The lowest BCUT2D eigenvalue weighted by molar-refractivity contribution is -0.0640. The highest BCUT2D eigenvalue weighted by atomic mass is 32.1. The Kier molecular flexibility index (Phi) is 3.06. The highest BCUT2D eigenvalue weighted by Gasteiger charge is 2.34. The number of fused-ring (bicyclic) bond motifs is 1. The van der Waals surface area contributed by atoms with Crippen LogP contribution in [0.25, 0.3) is 0 Å². The SMILES string of the molecule is CC[C@@]1(C)Oc2ccc(NCc3cncs3)cc2O1. The topological polar surface area (TPSA) is 43.4 Å². The van der Waals surface area contributed by atoms with Gasteiger partial charge in [0.2, 0.25) is 5.79 Å². The third-order valence-corrected chi connectivity index (χ3v) is 3.97.